The molecule has 4 nitrogen and oxygen atoms in total. The number of nitrogens with zero attached hydrogens (tertiary/aromatic N) is 2. The van der Waals surface area contributed by atoms with Crippen LogP contribution in [0.4, 0.5) is 5.69 Å². The number of hydrogen-bond donors (Lipinski definition) is 1. The first-order valence-corrected chi connectivity index (χ1v) is 7.20. The van der Waals surface area contributed by atoms with Gasteiger partial charge < -0.3 is 10.6 Å². The van der Waals surface area contributed by atoms with Gasteiger partial charge >= 0.3 is 0 Å². The molecule has 2 heterocycles. The molecule has 1 aliphatic heterocycles. The van der Waals surface area contributed by atoms with E-state index in [0.717, 1.165) is 31.8 Å². The number of aromatic nitrogens is 1. The first kappa shape index (κ1) is 14.1. The molecule has 5 heteroatoms. The van der Waals surface area contributed by atoms with Crippen molar-refractivity contribution in [1.29, 1.82) is 0 Å². The summed E-state index contributed by atoms with van der Waals surface area (Å²) in [5.74, 6) is 0.675. The van der Waals surface area contributed by atoms with Crippen molar-refractivity contribution in [3.63, 3.8) is 0 Å². The zero-order chi connectivity index (χ0) is 13.8. The van der Waals surface area contributed by atoms with E-state index in [1.165, 1.54) is 19.0 Å². The van der Waals surface area contributed by atoms with E-state index in [0.29, 0.717) is 11.3 Å². The van der Waals surface area contributed by atoms with E-state index >= 15 is 0 Å². The normalized spacial score (nSPS) is 20.1. The molecular weight excluding hydrogens is 262 g/mol. The van der Waals surface area contributed by atoms with Crippen molar-refractivity contribution in [2.75, 3.05) is 18.8 Å². The fraction of sp³-hybridized carbons (Fsp3) is 0.571. The predicted octanol–water partition coefficient (Wildman–Crippen LogP) is 2.97. The Hall–Kier alpha value is -1.29. The molecule has 104 valence electrons. The maximum absolute atomic E-state index is 12.5. The molecule has 0 bridgehead atoms. The Morgan fingerprint density at radius 2 is 2.32 bits per heavy atom. The number of nitrogen functional groups attached to an aromatic ring is 1. The number of halogens is 1. The van der Waals surface area contributed by atoms with Gasteiger partial charge in [0.05, 0.1) is 17.4 Å². The zero-order valence-corrected chi connectivity index (χ0v) is 12.0. The Morgan fingerprint density at radius 1 is 1.53 bits per heavy atom. The fourth-order valence-corrected chi connectivity index (χ4v) is 2.75. The van der Waals surface area contributed by atoms with Crippen molar-refractivity contribution < 1.29 is 4.79 Å². The van der Waals surface area contributed by atoms with Gasteiger partial charge in [-0.3, -0.25) is 4.79 Å². The highest BCUT2D eigenvalue weighted by Crippen LogP contribution is 2.23. The van der Waals surface area contributed by atoms with E-state index in [9.17, 15) is 4.79 Å². The minimum Gasteiger partial charge on any atom is -0.397 e. The number of nitrogens with two attached hydrogens (primary N) is 1. The molecule has 1 unspecified atom stereocenters. The number of likely N-dealkylation sites (tertiary alicyclic amines) is 1. The van der Waals surface area contributed by atoms with Gasteiger partial charge in [-0.15, -0.1) is 0 Å². The van der Waals surface area contributed by atoms with Crippen LogP contribution in [0.1, 0.15) is 43.0 Å². The third kappa shape index (κ3) is 3.38. The predicted molar refractivity (Wildman–Crippen MR) is 77.2 cm³/mol. The zero-order valence-electron chi connectivity index (χ0n) is 11.2. The van der Waals surface area contributed by atoms with Gasteiger partial charge in [0.2, 0.25) is 0 Å². The molecule has 1 atom stereocenters. The van der Waals surface area contributed by atoms with Crippen molar-refractivity contribution in [3.05, 3.63) is 23.0 Å². The lowest BCUT2D eigenvalue weighted by atomic mass is 9.98. The van der Waals surface area contributed by atoms with Crippen LogP contribution in [0.3, 0.4) is 0 Å². The third-order valence-electron chi connectivity index (χ3n) is 3.80. The minimum absolute atomic E-state index is 0.0541. The SMILES string of the molecule is CCC1CCCN(C(=O)c2cc(N)cnc2Cl)CC1. The highest BCUT2D eigenvalue weighted by molar-refractivity contribution is 6.32. The average molecular weight is 282 g/mol. The standard InChI is InChI=1S/C14H20ClN3O/c1-2-10-4-3-6-18(7-5-10)14(19)12-8-11(16)9-17-13(12)15/h8-10H,2-7,16H2,1H3. The van der Waals surface area contributed by atoms with Crippen molar-refractivity contribution in [1.82, 2.24) is 9.88 Å². The Kier molecular flexibility index (Phi) is 4.64. The van der Waals surface area contributed by atoms with E-state index in [2.05, 4.69) is 11.9 Å². The summed E-state index contributed by atoms with van der Waals surface area (Å²) in [6.45, 7) is 3.80. The van der Waals surface area contributed by atoms with Crippen molar-refractivity contribution in [3.8, 4) is 0 Å². The van der Waals surface area contributed by atoms with E-state index in [1.54, 1.807) is 6.07 Å². The average Bonchev–Trinajstić information content (AvgIpc) is 2.66. The minimum atomic E-state index is -0.0541. The molecule has 1 aromatic heterocycles. The second-order valence-electron chi connectivity index (χ2n) is 5.10. The number of hydrogen-bond acceptors (Lipinski definition) is 3. The summed E-state index contributed by atoms with van der Waals surface area (Å²) >= 11 is 5.99. The number of carbonyl (C=O) groups is 1. The molecule has 2 rings (SSSR count). The van der Waals surface area contributed by atoms with E-state index in [-0.39, 0.29) is 11.1 Å². The highest BCUT2D eigenvalue weighted by atomic mass is 35.5. The number of pyridine rings is 1. The van der Waals surface area contributed by atoms with Crippen LogP contribution in [-0.4, -0.2) is 28.9 Å². The smallest absolute Gasteiger partial charge is 0.257 e. The van der Waals surface area contributed by atoms with Gasteiger partial charge in [-0.2, -0.15) is 0 Å². The maximum atomic E-state index is 12.5. The molecule has 1 aromatic rings. The summed E-state index contributed by atoms with van der Waals surface area (Å²) in [6, 6.07) is 1.61. The molecule has 0 spiro atoms. The summed E-state index contributed by atoms with van der Waals surface area (Å²) in [6.07, 6.45) is 5.97. The molecule has 1 amide bonds. The summed E-state index contributed by atoms with van der Waals surface area (Å²) in [5, 5.41) is 0.232. The largest absolute Gasteiger partial charge is 0.397 e. The molecule has 19 heavy (non-hydrogen) atoms. The Labute approximate surface area is 118 Å². The van der Waals surface area contributed by atoms with E-state index in [4.69, 9.17) is 17.3 Å². The topological polar surface area (TPSA) is 59.2 Å². The molecule has 0 aliphatic carbocycles. The first-order chi connectivity index (χ1) is 9.11. The van der Waals surface area contributed by atoms with Gasteiger partial charge in [0.15, 0.2) is 0 Å². The first-order valence-electron chi connectivity index (χ1n) is 6.82. The summed E-state index contributed by atoms with van der Waals surface area (Å²) in [7, 11) is 0. The Balaban J connectivity index is 2.13. The van der Waals surface area contributed by atoms with Crippen LogP contribution in [0.15, 0.2) is 12.3 Å². The van der Waals surface area contributed by atoms with Gasteiger partial charge in [0, 0.05) is 13.1 Å². The van der Waals surface area contributed by atoms with E-state index < -0.39 is 0 Å². The number of rotatable bonds is 2. The quantitative estimate of drug-likeness (QED) is 0.848. The molecule has 1 fully saturated rings. The van der Waals surface area contributed by atoms with Crippen LogP contribution < -0.4 is 5.73 Å². The maximum Gasteiger partial charge on any atom is 0.257 e. The lowest BCUT2D eigenvalue weighted by molar-refractivity contribution is 0.0759. The van der Waals surface area contributed by atoms with Gasteiger partial charge in [-0.1, -0.05) is 24.9 Å². The Bertz CT molecular complexity index is 464. The molecule has 0 aromatic carbocycles. The van der Waals surface area contributed by atoms with E-state index in [1.807, 2.05) is 4.90 Å². The van der Waals surface area contributed by atoms with Crippen LogP contribution >= 0.6 is 11.6 Å². The molecule has 0 radical (unpaired) electrons. The number of amides is 1. The molecular formula is C14H20ClN3O. The Morgan fingerprint density at radius 3 is 3.05 bits per heavy atom. The second kappa shape index (κ2) is 6.24. The summed E-state index contributed by atoms with van der Waals surface area (Å²) in [4.78, 5) is 18.3. The van der Waals surface area contributed by atoms with Gasteiger partial charge in [0.25, 0.3) is 5.91 Å². The van der Waals surface area contributed by atoms with Crippen molar-refractivity contribution in [2.45, 2.75) is 32.6 Å². The fourth-order valence-electron chi connectivity index (χ4n) is 2.56. The van der Waals surface area contributed by atoms with Crippen molar-refractivity contribution in [2.24, 2.45) is 5.92 Å². The summed E-state index contributed by atoms with van der Waals surface area (Å²) < 4.78 is 0. The van der Waals surface area contributed by atoms with Gasteiger partial charge in [-0.05, 0) is 31.2 Å². The molecule has 2 N–H and O–H groups in total. The lowest BCUT2D eigenvalue weighted by Gasteiger charge is -2.21. The molecule has 1 aliphatic rings. The van der Waals surface area contributed by atoms with Crippen LogP contribution in [-0.2, 0) is 0 Å². The van der Waals surface area contributed by atoms with Gasteiger partial charge in [0.1, 0.15) is 5.15 Å². The van der Waals surface area contributed by atoms with Crippen LogP contribution in [0.25, 0.3) is 0 Å². The molecule has 0 saturated carbocycles. The third-order valence-corrected chi connectivity index (χ3v) is 4.10. The number of carbonyl (C=O) groups excluding carboxylic acids is 1. The van der Waals surface area contributed by atoms with Crippen LogP contribution in [0.2, 0.25) is 5.15 Å². The monoisotopic (exact) mass is 281 g/mol. The lowest BCUT2D eigenvalue weighted by Crippen LogP contribution is -2.32. The highest BCUT2D eigenvalue weighted by Gasteiger charge is 2.22. The second-order valence-corrected chi connectivity index (χ2v) is 5.46. The van der Waals surface area contributed by atoms with Crippen LogP contribution in [0, 0.1) is 5.92 Å². The summed E-state index contributed by atoms with van der Waals surface area (Å²) in [5.41, 5.74) is 6.56. The van der Waals surface area contributed by atoms with Crippen LogP contribution in [0.5, 0.6) is 0 Å². The molecule has 1 saturated heterocycles. The van der Waals surface area contributed by atoms with Crippen molar-refractivity contribution >= 4 is 23.2 Å². The van der Waals surface area contributed by atoms with Gasteiger partial charge in [-0.25, -0.2) is 4.98 Å². The number of anilines is 1.